The number of nitrogens with one attached hydrogen (secondary N) is 1. The molecule has 0 saturated heterocycles. The number of carbonyl (C=O) groups excluding carboxylic acids is 1. The smallest absolute Gasteiger partial charge is 0.265 e. The third-order valence-electron chi connectivity index (χ3n) is 4.15. The Labute approximate surface area is 161 Å². The van der Waals surface area contributed by atoms with Crippen LogP contribution in [0.2, 0.25) is 0 Å². The molecule has 0 bridgehead atoms. The monoisotopic (exact) mass is 390 g/mol. The molecule has 2 aromatic rings. The summed E-state index contributed by atoms with van der Waals surface area (Å²) in [5.74, 6) is 0.348. The van der Waals surface area contributed by atoms with E-state index in [-0.39, 0.29) is 10.8 Å². The molecule has 1 N–H and O–H groups in total. The standard InChI is InChI=1S/C20H26N2O4S/c1-4-19(26-17-10-8-7-9-11-17)20(23)21-16-12-14-18(15-13-16)27(24,25)22(5-2)6-3/h7-15,19H,4-6H2,1-3H3,(H,21,23). The van der Waals surface area contributed by atoms with Gasteiger partial charge in [-0.2, -0.15) is 4.31 Å². The molecule has 0 spiro atoms. The van der Waals surface area contributed by atoms with E-state index in [1.54, 1.807) is 38.1 Å². The van der Waals surface area contributed by atoms with Gasteiger partial charge in [0.15, 0.2) is 6.10 Å². The summed E-state index contributed by atoms with van der Waals surface area (Å²) < 4.78 is 32.1. The summed E-state index contributed by atoms with van der Waals surface area (Å²) in [4.78, 5) is 12.7. The van der Waals surface area contributed by atoms with Crippen molar-refractivity contribution < 1.29 is 17.9 Å². The number of hydrogen-bond donors (Lipinski definition) is 1. The first-order chi connectivity index (χ1) is 12.9. The minimum Gasteiger partial charge on any atom is -0.481 e. The average molecular weight is 391 g/mol. The molecule has 0 aromatic heterocycles. The number of rotatable bonds is 9. The SMILES string of the molecule is CCC(Oc1ccccc1)C(=O)Nc1ccc(S(=O)(=O)N(CC)CC)cc1. The minimum absolute atomic E-state index is 0.205. The maximum Gasteiger partial charge on any atom is 0.265 e. The second kappa shape index (κ2) is 9.53. The fraction of sp³-hybridized carbons (Fsp3) is 0.350. The van der Waals surface area contributed by atoms with E-state index in [1.165, 1.54) is 16.4 Å². The van der Waals surface area contributed by atoms with E-state index in [9.17, 15) is 13.2 Å². The normalized spacial score (nSPS) is 12.6. The maximum absolute atomic E-state index is 12.5. The summed E-state index contributed by atoms with van der Waals surface area (Å²) in [5, 5.41) is 2.78. The predicted octanol–water partition coefficient (Wildman–Crippen LogP) is 3.51. The van der Waals surface area contributed by atoms with E-state index < -0.39 is 16.1 Å². The number of amides is 1. The summed E-state index contributed by atoms with van der Waals surface area (Å²) >= 11 is 0. The number of carbonyl (C=O) groups is 1. The van der Waals surface area contributed by atoms with Crippen molar-refractivity contribution in [2.75, 3.05) is 18.4 Å². The van der Waals surface area contributed by atoms with E-state index >= 15 is 0 Å². The first-order valence-electron chi connectivity index (χ1n) is 9.05. The lowest BCUT2D eigenvalue weighted by atomic mass is 10.2. The number of sulfonamides is 1. The van der Waals surface area contributed by atoms with Gasteiger partial charge in [-0.15, -0.1) is 0 Å². The first-order valence-corrected chi connectivity index (χ1v) is 10.5. The molecule has 6 nitrogen and oxygen atoms in total. The summed E-state index contributed by atoms with van der Waals surface area (Å²) in [6.07, 6.45) is -0.124. The zero-order valence-electron chi connectivity index (χ0n) is 15.9. The fourth-order valence-corrected chi connectivity index (χ4v) is 4.09. The molecule has 0 heterocycles. The summed E-state index contributed by atoms with van der Waals surface area (Å²) in [5.41, 5.74) is 0.522. The van der Waals surface area contributed by atoms with Crippen LogP contribution in [0.1, 0.15) is 27.2 Å². The van der Waals surface area contributed by atoms with Crippen molar-refractivity contribution >= 4 is 21.6 Å². The zero-order chi connectivity index (χ0) is 19.9. The van der Waals surface area contributed by atoms with Gasteiger partial charge in [0.05, 0.1) is 4.90 Å². The molecule has 0 radical (unpaired) electrons. The number of para-hydroxylation sites is 1. The molecule has 2 rings (SSSR count). The number of benzene rings is 2. The molecule has 0 fully saturated rings. The van der Waals surface area contributed by atoms with E-state index in [0.717, 1.165) is 0 Å². The molecule has 0 aliphatic rings. The van der Waals surface area contributed by atoms with Gasteiger partial charge in [0.25, 0.3) is 5.91 Å². The van der Waals surface area contributed by atoms with Gasteiger partial charge >= 0.3 is 0 Å². The third-order valence-corrected chi connectivity index (χ3v) is 6.21. The second-order valence-electron chi connectivity index (χ2n) is 5.93. The van der Waals surface area contributed by atoms with Crippen LogP contribution in [-0.2, 0) is 14.8 Å². The Morgan fingerprint density at radius 3 is 2.11 bits per heavy atom. The largest absolute Gasteiger partial charge is 0.481 e. The molecular weight excluding hydrogens is 364 g/mol. The Hall–Kier alpha value is -2.38. The number of hydrogen-bond acceptors (Lipinski definition) is 4. The van der Waals surface area contributed by atoms with Crippen molar-refractivity contribution in [3.63, 3.8) is 0 Å². The zero-order valence-corrected chi connectivity index (χ0v) is 16.7. The van der Waals surface area contributed by atoms with Crippen LogP contribution in [0.5, 0.6) is 5.75 Å². The summed E-state index contributed by atoms with van der Waals surface area (Å²) in [7, 11) is -3.51. The lowest BCUT2D eigenvalue weighted by Crippen LogP contribution is -2.32. The van der Waals surface area contributed by atoms with Gasteiger partial charge in [-0.3, -0.25) is 4.79 Å². The van der Waals surface area contributed by atoms with Crippen LogP contribution in [0.25, 0.3) is 0 Å². The van der Waals surface area contributed by atoms with Gasteiger partial charge in [-0.05, 0) is 42.8 Å². The van der Waals surface area contributed by atoms with Crippen molar-refractivity contribution in [2.24, 2.45) is 0 Å². The summed E-state index contributed by atoms with van der Waals surface area (Å²) in [6, 6.07) is 15.3. The molecular formula is C20H26N2O4S. The van der Waals surface area contributed by atoms with Gasteiger partial charge in [-0.25, -0.2) is 8.42 Å². The maximum atomic E-state index is 12.5. The number of ether oxygens (including phenoxy) is 1. The van der Waals surface area contributed by atoms with Crippen LogP contribution in [0.15, 0.2) is 59.5 Å². The highest BCUT2D eigenvalue weighted by atomic mass is 32.2. The Morgan fingerprint density at radius 2 is 1.59 bits per heavy atom. The molecule has 0 saturated carbocycles. The average Bonchev–Trinajstić information content (AvgIpc) is 2.68. The molecule has 7 heteroatoms. The molecule has 1 unspecified atom stereocenters. The number of nitrogens with zero attached hydrogens (tertiary/aromatic N) is 1. The van der Waals surface area contributed by atoms with Crippen LogP contribution < -0.4 is 10.1 Å². The van der Waals surface area contributed by atoms with E-state index in [0.29, 0.717) is 30.9 Å². The Morgan fingerprint density at radius 1 is 1.00 bits per heavy atom. The van der Waals surface area contributed by atoms with E-state index in [2.05, 4.69) is 5.32 Å². The second-order valence-corrected chi connectivity index (χ2v) is 7.87. The lowest BCUT2D eigenvalue weighted by molar-refractivity contribution is -0.122. The molecule has 2 aromatic carbocycles. The van der Waals surface area contributed by atoms with Crippen molar-refractivity contribution in [2.45, 2.75) is 38.2 Å². The van der Waals surface area contributed by atoms with E-state index in [4.69, 9.17) is 4.74 Å². The van der Waals surface area contributed by atoms with Crippen molar-refractivity contribution in [3.8, 4) is 5.75 Å². The third kappa shape index (κ3) is 5.30. The predicted molar refractivity (Wildman–Crippen MR) is 106 cm³/mol. The van der Waals surface area contributed by atoms with Crippen LogP contribution in [0, 0.1) is 0 Å². The fourth-order valence-electron chi connectivity index (χ4n) is 2.63. The molecule has 146 valence electrons. The van der Waals surface area contributed by atoms with Crippen LogP contribution in [0.4, 0.5) is 5.69 Å². The van der Waals surface area contributed by atoms with Gasteiger partial charge in [0.1, 0.15) is 5.75 Å². The highest BCUT2D eigenvalue weighted by molar-refractivity contribution is 7.89. The van der Waals surface area contributed by atoms with Gasteiger partial charge in [0.2, 0.25) is 10.0 Å². The first kappa shape index (κ1) is 20.9. The van der Waals surface area contributed by atoms with Crippen LogP contribution >= 0.6 is 0 Å². The Kier molecular flexibility index (Phi) is 7.38. The van der Waals surface area contributed by atoms with Gasteiger partial charge in [-0.1, -0.05) is 39.0 Å². The Balaban J connectivity index is 2.07. The van der Waals surface area contributed by atoms with Crippen molar-refractivity contribution in [3.05, 3.63) is 54.6 Å². The lowest BCUT2D eigenvalue weighted by Gasteiger charge is -2.19. The van der Waals surface area contributed by atoms with Crippen molar-refractivity contribution in [1.82, 2.24) is 4.31 Å². The quantitative estimate of drug-likeness (QED) is 0.711. The summed E-state index contributed by atoms with van der Waals surface area (Å²) in [6.45, 7) is 6.28. The molecule has 1 atom stereocenters. The van der Waals surface area contributed by atoms with Crippen LogP contribution in [-0.4, -0.2) is 37.8 Å². The van der Waals surface area contributed by atoms with Gasteiger partial charge < -0.3 is 10.1 Å². The molecule has 0 aliphatic carbocycles. The van der Waals surface area contributed by atoms with E-state index in [1.807, 2.05) is 25.1 Å². The number of anilines is 1. The topological polar surface area (TPSA) is 75.7 Å². The van der Waals surface area contributed by atoms with Crippen molar-refractivity contribution in [1.29, 1.82) is 0 Å². The molecule has 0 aliphatic heterocycles. The molecule has 1 amide bonds. The molecule has 27 heavy (non-hydrogen) atoms. The van der Waals surface area contributed by atoms with Crippen LogP contribution in [0.3, 0.4) is 0 Å². The Bertz CT molecular complexity index is 832. The highest BCUT2D eigenvalue weighted by Crippen LogP contribution is 2.19. The highest BCUT2D eigenvalue weighted by Gasteiger charge is 2.22. The van der Waals surface area contributed by atoms with Gasteiger partial charge in [0, 0.05) is 18.8 Å². The minimum atomic E-state index is -3.51.